The van der Waals surface area contributed by atoms with Crippen molar-refractivity contribution in [1.82, 2.24) is 0 Å². The third kappa shape index (κ3) is 4.34. The Morgan fingerprint density at radius 3 is 2.76 bits per heavy atom. The maximum Gasteiger partial charge on any atom is 0.323 e. The standard InChI is InChI=1S/C22H25N3O4/c1-5-12-25-17-11-10-15(13-19(17)29-14-22(2,3)20(25)26)23-21(27)24-16-8-6-7-9-18(16)28-4/h5-11,13H,1,12,14H2,2-4H3,(H2,23,24,27). The molecule has 0 unspecified atom stereocenters. The van der Waals surface area contributed by atoms with Crippen LogP contribution in [0.1, 0.15) is 13.8 Å². The molecule has 7 heteroatoms. The minimum atomic E-state index is -0.670. The Hall–Kier alpha value is -3.48. The molecule has 3 amide bonds. The van der Waals surface area contributed by atoms with Crippen molar-refractivity contribution >= 4 is 29.0 Å². The van der Waals surface area contributed by atoms with Crippen molar-refractivity contribution in [3.05, 3.63) is 55.1 Å². The van der Waals surface area contributed by atoms with Crippen molar-refractivity contribution in [2.45, 2.75) is 13.8 Å². The second-order valence-electron chi connectivity index (χ2n) is 7.34. The van der Waals surface area contributed by atoms with Crippen molar-refractivity contribution in [2.24, 2.45) is 5.41 Å². The lowest BCUT2D eigenvalue weighted by molar-refractivity contribution is -0.127. The Labute approximate surface area is 170 Å². The molecule has 1 heterocycles. The molecule has 1 aliphatic heterocycles. The summed E-state index contributed by atoms with van der Waals surface area (Å²) in [5.41, 5.74) is 1.08. The first kappa shape index (κ1) is 20.3. The number of anilines is 3. The first-order valence-corrected chi connectivity index (χ1v) is 9.26. The summed E-state index contributed by atoms with van der Waals surface area (Å²) in [5.74, 6) is 1.06. The van der Waals surface area contributed by atoms with Crippen molar-refractivity contribution in [1.29, 1.82) is 0 Å². The van der Waals surface area contributed by atoms with Gasteiger partial charge >= 0.3 is 6.03 Å². The van der Waals surface area contributed by atoms with Gasteiger partial charge in [0.2, 0.25) is 5.91 Å². The second-order valence-corrected chi connectivity index (χ2v) is 7.34. The number of ether oxygens (including phenoxy) is 2. The Bertz CT molecular complexity index is 939. The zero-order chi connectivity index (χ0) is 21.0. The van der Waals surface area contributed by atoms with E-state index in [1.807, 2.05) is 19.9 Å². The smallest absolute Gasteiger partial charge is 0.323 e. The molecule has 2 N–H and O–H groups in total. The fourth-order valence-corrected chi connectivity index (χ4v) is 3.07. The minimum Gasteiger partial charge on any atom is -0.495 e. The fourth-order valence-electron chi connectivity index (χ4n) is 3.07. The van der Waals surface area contributed by atoms with E-state index >= 15 is 0 Å². The first-order chi connectivity index (χ1) is 13.9. The summed E-state index contributed by atoms with van der Waals surface area (Å²) in [5, 5.41) is 5.54. The topological polar surface area (TPSA) is 79.9 Å². The van der Waals surface area contributed by atoms with Gasteiger partial charge in [-0.2, -0.15) is 0 Å². The lowest BCUT2D eigenvalue weighted by Crippen LogP contribution is -2.42. The zero-order valence-corrected chi connectivity index (χ0v) is 16.8. The van der Waals surface area contributed by atoms with Crippen LogP contribution in [0.5, 0.6) is 11.5 Å². The average Bonchev–Trinajstić information content (AvgIpc) is 2.79. The van der Waals surface area contributed by atoms with Gasteiger partial charge < -0.3 is 25.0 Å². The van der Waals surface area contributed by atoms with Gasteiger partial charge in [0.1, 0.15) is 18.1 Å². The number of fused-ring (bicyclic) bond motifs is 1. The van der Waals surface area contributed by atoms with Crippen LogP contribution in [0.4, 0.5) is 21.9 Å². The summed E-state index contributed by atoms with van der Waals surface area (Å²) in [7, 11) is 1.54. The van der Waals surface area contributed by atoms with Crippen LogP contribution in [0.25, 0.3) is 0 Å². The van der Waals surface area contributed by atoms with Crippen molar-refractivity contribution < 1.29 is 19.1 Å². The van der Waals surface area contributed by atoms with E-state index in [-0.39, 0.29) is 12.5 Å². The number of carbonyl (C=O) groups is 2. The van der Waals surface area contributed by atoms with Crippen molar-refractivity contribution in [3.8, 4) is 11.5 Å². The van der Waals surface area contributed by atoms with E-state index in [0.29, 0.717) is 35.1 Å². The Morgan fingerprint density at radius 1 is 1.28 bits per heavy atom. The summed E-state index contributed by atoms with van der Waals surface area (Å²) in [4.78, 5) is 26.9. The summed E-state index contributed by atoms with van der Waals surface area (Å²) in [6.07, 6.45) is 1.68. The Morgan fingerprint density at radius 2 is 2.03 bits per heavy atom. The fraction of sp³-hybridized carbons (Fsp3) is 0.273. The quantitative estimate of drug-likeness (QED) is 0.741. The predicted molar refractivity (Wildman–Crippen MR) is 114 cm³/mol. The third-order valence-corrected chi connectivity index (χ3v) is 4.59. The number of urea groups is 1. The van der Waals surface area contributed by atoms with E-state index in [2.05, 4.69) is 17.2 Å². The van der Waals surface area contributed by atoms with Gasteiger partial charge in [-0.25, -0.2) is 4.79 Å². The largest absolute Gasteiger partial charge is 0.495 e. The van der Waals surface area contributed by atoms with Gasteiger partial charge in [-0.05, 0) is 38.1 Å². The van der Waals surface area contributed by atoms with Crippen LogP contribution in [-0.2, 0) is 4.79 Å². The molecule has 3 rings (SSSR count). The predicted octanol–water partition coefficient (Wildman–Crippen LogP) is 4.28. The van der Waals surface area contributed by atoms with Gasteiger partial charge in [0, 0.05) is 18.3 Å². The van der Waals surface area contributed by atoms with Crippen molar-refractivity contribution in [2.75, 3.05) is 35.8 Å². The zero-order valence-electron chi connectivity index (χ0n) is 16.8. The molecule has 0 saturated heterocycles. The van der Waals surface area contributed by atoms with E-state index in [9.17, 15) is 9.59 Å². The van der Waals surface area contributed by atoms with Crippen LogP contribution < -0.4 is 25.0 Å². The maximum absolute atomic E-state index is 12.9. The Balaban J connectivity index is 1.81. The molecule has 0 atom stereocenters. The minimum absolute atomic E-state index is 0.0363. The molecule has 0 saturated carbocycles. The average molecular weight is 395 g/mol. The highest BCUT2D eigenvalue weighted by atomic mass is 16.5. The number of hydrogen-bond donors (Lipinski definition) is 2. The maximum atomic E-state index is 12.9. The monoisotopic (exact) mass is 395 g/mol. The molecule has 152 valence electrons. The number of nitrogens with zero attached hydrogens (tertiary/aromatic N) is 1. The molecule has 0 aliphatic carbocycles. The van der Waals surface area contributed by atoms with E-state index in [1.54, 1.807) is 54.5 Å². The van der Waals surface area contributed by atoms with Gasteiger partial charge in [0.05, 0.1) is 23.9 Å². The first-order valence-electron chi connectivity index (χ1n) is 9.26. The summed E-state index contributed by atoms with van der Waals surface area (Å²) >= 11 is 0. The van der Waals surface area contributed by atoms with Gasteiger partial charge in [-0.15, -0.1) is 6.58 Å². The molecule has 29 heavy (non-hydrogen) atoms. The third-order valence-electron chi connectivity index (χ3n) is 4.59. The number of amides is 3. The summed E-state index contributed by atoms with van der Waals surface area (Å²) < 4.78 is 11.1. The molecule has 0 fully saturated rings. The molecular weight excluding hydrogens is 370 g/mol. The molecule has 1 aliphatic rings. The van der Waals surface area contributed by atoms with Crippen LogP contribution >= 0.6 is 0 Å². The Kier molecular flexibility index (Phi) is 5.77. The highest BCUT2D eigenvalue weighted by molar-refractivity contribution is 6.02. The molecule has 7 nitrogen and oxygen atoms in total. The number of benzene rings is 2. The molecular formula is C22H25N3O4. The number of para-hydroxylation sites is 2. The normalized spacial score (nSPS) is 14.9. The number of rotatable bonds is 5. The van der Waals surface area contributed by atoms with Gasteiger partial charge in [-0.1, -0.05) is 18.2 Å². The molecule has 2 aromatic carbocycles. The van der Waals surface area contributed by atoms with Crippen molar-refractivity contribution in [3.63, 3.8) is 0 Å². The lowest BCUT2D eigenvalue weighted by atomic mass is 9.93. The summed E-state index contributed by atoms with van der Waals surface area (Å²) in [6, 6.07) is 11.9. The SMILES string of the molecule is C=CCN1C(=O)C(C)(C)COc2cc(NC(=O)Nc3ccccc3OC)ccc21. The van der Waals surface area contributed by atoms with E-state index in [1.165, 1.54) is 0 Å². The van der Waals surface area contributed by atoms with Crippen LogP contribution in [-0.4, -0.2) is 32.2 Å². The highest BCUT2D eigenvalue weighted by Gasteiger charge is 2.37. The molecule has 0 radical (unpaired) electrons. The van der Waals surface area contributed by atoms with Gasteiger partial charge in [-0.3, -0.25) is 4.79 Å². The summed E-state index contributed by atoms with van der Waals surface area (Å²) in [6.45, 7) is 8.04. The van der Waals surface area contributed by atoms with Crippen LogP contribution in [0.15, 0.2) is 55.1 Å². The van der Waals surface area contributed by atoms with Crippen LogP contribution in [0.3, 0.4) is 0 Å². The number of hydrogen-bond acceptors (Lipinski definition) is 4. The van der Waals surface area contributed by atoms with Gasteiger partial charge in [0.25, 0.3) is 0 Å². The van der Waals surface area contributed by atoms with E-state index < -0.39 is 11.4 Å². The molecule has 0 bridgehead atoms. The second kappa shape index (κ2) is 8.26. The van der Waals surface area contributed by atoms with E-state index in [4.69, 9.17) is 9.47 Å². The number of carbonyl (C=O) groups excluding carboxylic acids is 2. The number of methoxy groups -OCH3 is 1. The molecule has 2 aromatic rings. The molecule has 0 spiro atoms. The van der Waals surface area contributed by atoms with Crippen LogP contribution in [0.2, 0.25) is 0 Å². The van der Waals surface area contributed by atoms with Crippen LogP contribution in [0, 0.1) is 5.41 Å². The number of nitrogens with one attached hydrogen (secondary N) is 2. The van der Waals surface area contributed by atoms with E-state index in [0.717, 1.165) is 0 Å². The highest BCUT2D eigenvalue weighted by Crippen LogP contribution is 2.38. The molecule has 0 aromatic heterocycles. The van der Waals surface area contributed by atoms with Gasteiger partial charge in [0.15, 0.2) is 0 Å². The lowest BCUT2D eigenvalue weighted by Gasteiger charge is -2.27.